The van der Waals surface area contributed by atoms with Gasteiger partial charge in [0.15, 0.2) is 0 Å². The molecule has 1 aromatic rings. The Morgan fingerprint density at radius 2 is 1.71 bits per heavy atom. The first-order valence-corrected chi connectivity index (χ1v) is 4.52. The summed E-state index contributed by atoms with van der Waals surface area (Å²) in [6.07, 6.45) is 0. The highest BCUT2D eigenvalue weighted by Gasteiger charge is 2.09. The lowest BCUT2D eigenvalue weighted by atomic mass is 10.2. The quantitative estimate of drug-likeness (QED) is 0.807. The number of carbonyl (C=O) groups excluding carboxylic acids is 1. The van der Waals surface area contributed by atoms with E-state index in [1.165, 1.54) is 26.4 Å². The summed E-state index contributed by atoms with van der Waals surface area (Å²) in [6, 6.07) is 2.73. The molecule has 0 radical (unpaired) electrons. The van der Waals surface area contributed by atoms with E-state index in [9.17, 15) is 9.90 Å². The van der Waals surface area contributed by atoms with Gasteiger partial charge in [-0.2, -0.15) is 0 Å². The number of rotatable bonds is 3. The van der Waals surface area contributed by atoms with Crippen molar-refractivity contribution in [2.45, 2.75) is 0 Å². The van der Waals surface area contributed by atoms with Crippen LogP contribution in [-0.2, 0) is 0 Å². The zero-order valence-corrected chi connectivity index (χ0v) is 9.25. The number of ether oxygens (including phenoxy) is 2. The molecule has 0 bridgehead atoms. The van der Waals surface area contributed by atoms with Crippen LogP contribution >= 0.6 is 15.9 Å². The zero-order valence-electron chi connectivity index (χ0n) is 7.67. The molecule has 0 aromatic heterocycles. The molecular formula is C9H8BrO4-. The van der Waals surface area contributed by atoms with Crippen LogP contribution in [0.5, 0.6) is 11.5 Å². The van der Waals surface area contributed by atoms with Gasteiger partial charge in [-0.25, -0.2) is 0 Å². The summed E-state index contributed by atoms with van der Waals surface area (Å²) in [5.41, 5.74) is 0.0156. The number of carboxylic acids is 1. The molecule has 0 atom stereocenters. The van der Waals surface area contributed by atoms with Gasteiger partial charge in [-0.1, -0.05) is 0 Å². The van der Waals surface area contributed by atoms with Crippen molar-refractivity contribution >= 4 is 21.9 Å². The minimum Gasteiger partial charge on any atom is -0.545 e. The Bertz CT molecular complexity index is 337. The maximum atomic E-state index is 10.6. The Morgan fingerprint density at radius 3 is 2.00 bits per heavy atom. The van der Waals surface area contributed by atoms with Gasteiger partial charge in [0, 0.05) is 5.56 Å². The van der Waals surface area contributed by atoms with Crippen LogP contribution in [0.15, 0.2) is 16.6 Å². The molecule has 0 aliphatic rings. The van der Waals surface area contributed by atoms with Crippen LogP contribution in [0.25, 0.3) is 0 Å². The van der Waals surface area contributed by atoms with Crippen molar-refractivity contribution in [3.8, 4) is 11.5 Å². The molecule has 0 aliphatic carbocycles. The van der Waals surface area contributed by atoms with Crippen molar-refractivity contribution in [3.05, 3.63) is 22.2 Å². The molecule has 1 aromatic carbocycles. The van der Waals surface area contributed by atoms with Gasteiger partial charge in [0.2, 0.25) is 0 Å². The summed E-state index contributed by atoms with van der Waals surface area (Å²) in [5.74, 6) is -0.485. The summed E-state index contributed by atoms with van der Waals surface area (Å²) in [6.45, 7) is 0. The molecule has 0 amide bonds. The fourth-order valence-corrected chi connectivity index (χ4v) is 1.54. The Hall–Kier alpha value is -1.23. The topological polar surface area (TPSA) is 58.6 Å². The first-order valence-electron chi connectivity index (χ1n) is 3.73. The number of aromatic carboxylic acids is 1. The van der Waals surface area contributed by atoms with Crippen LogP contribution in [0.1, 0.15) is 10.4 Å². The lowest BCUT2D eigenvalue weighted by molar-refractivity contribution is -0.255. The van der Waals surface area contributed by atoms with E-state index in [2.05, 4.69) is 15.9 Å². The molecule has 14 heavy (non-hydrogen) atoms. The second-order valence-corrected chi connectivity index (χ2v) is 3.28. The van der Waals surface area contributed by atoms with Crippen molar-refractivity contribution < 1.29 is 19.4 Å². The summed E-state index contributed by atoms with van der Waals surface area (Å²) < 4.78 is 10.5. The van der Waals surface area contributed by atoms with Gasteiger partial charge in [0.25, 0.3) is 0 Å². The van der Waals surface area contributed by atoms with E-state index in [1.807, 2.05) is 0 Å². The molecule has 1 rings (SSSR count). The van der Waals surface area contributed by atoms with Gasteiger partial charge in [-0.05, 0) is 28.1 Å². The van der Waals surface area contributed by atoms with Gasteiger partial charge in [0.05, 0.1) is 20.2 Å². The number of hydrogen-bond acceptors (Lipinski definition) is 4. The third kappa shape index (κ3) is 1.98. The molecular weight excluding hydrogens is 252 g/mol. The van der Waals surface area contributed by atoms with E-state index in [0.717, 1.165) is 0 Å². The molecule has 0 aliphatic heterocycles. The molecule has 76 valence electrons. The van der Waals surface area contributed by atoms with Crippen molar-refractivity contribution in [2.75, 3.05) is 14.2 Å². The minimum atomic E-state index is -1.27. The van der Waals surface area contributed by atoms with E-state index in [0.29, 0.717) is 16.0 Å². The number of carbonyl (C=O) groups is 1. The second-order valence-electron chi connectivity index (χ2n) is 2.48. The average molecular weight is 260 g/mol. The summed E-state index contributed by atoms with van der Waals surface area (Å²) in [5, 5.41) is 10.6. The summed E-state index contributed by atoms with van der Waals surface area (Å²) >= 11 is 3.22. The SMILES string of the molecule is COc1cc(C(=O)[O-])cc(OC)c1Br. The van der Waals surface area contributed by atoms with Crippen molar-refractivity contribution in [2.24, 2.45) is 0 Å². The van der Waals surface area contributed by atoms with Gasteiger partial charge in [-0.15, -0.1) is 0 Å². The molecule has 0 unspecified atom stereocenters. The highest BCUT2D eigenvalue weighted by Crippen LogP contribution is 2.35. The minimum absolute atomic E-state index is 0.0156. The fraction of sp³-hybridized carbons (Fsp3) is 0.222. The molecule has 5 heteroatoms. The third-order valence-electron chi connectivity index (χ3n) is 1.68. The summed E-state index contributed by atoms with van der Waals surface area (Å²) in [7, 11) is 2.89. The normalized spacial score (nSPS) is 9.64. The van der Waals surface area contributed by atoms with Crippen molar-refractivity contribution in [3.63, 3.8) is 0 Å². The number of benzene rings is 1. The van der Waals surface area contributed by atoms with E-state index in [-0.39, 0.29) is 5.56 Å². The lowest BCUT2D eigenvalue weighted by Crippen LogP contribution is -2.22. The van der Waals surface area contributed by atoms with E-state index < -0.39 is 5.97 Å². The average Bonchev–Trinajstić information content (AvgIpc) is 2.17. The zero-order chi connectivity index (χ0) is 10.7. The van der Waals surface area contributed by atoms with Crippen LogP contribution < -0.4 is 14.6 Å². The lowest BCUT2D eigenvalue weighted by Gasteiger charge is -2.11. The second kappa shape index (κ2) is 4.32. The highest BCUT2D eigenvalue weighted by molar-refractivity contribution is 9.10. The van der Waals surface area contributed by atoms with Crippen LogP contribution in [0, 0.1) is 0 Å². The Labute approximate surface area is 89.6 Å². The first-order chi connectivity index (χ1) is 6.60. The first kappa shape index (κ1) is 10.8. The number of carboxylic acid groups (broad SMARTS) is 1. The molecule has 0 saturated carbocycles. The van der Waals surface area contributed by atoms with E-state index in [1.54, 1.807) is 0 Å². The van der Waals surface area contributed by atoms with Crippen LogP contribution in [0.3, 0.4) is 0 Å². The maximum Gasteiger partial charge on any atom is 0.137 e. The van der Waals surface area contributed by atoms with E-state index in [4.69, 9.17) is 9.47 Å². The molecule has 0 N–H and O–H groups in total. The van der Waals surface area contributed by atoms with Crippen LogP contribution in [-0.4, -0.2) is 20.2 Å². The number of hydrogen-bond donors (Lipinski definition) is 0. The van der Waals surface area contributed by atoms with Gasteiger partial charge >= 0.3 is 0 Å². The molecule has 0 heterocycles. The monoisotopic (exact) mass is 259 g/mol. The molecule has 0 fully saturated rings. The Kier molecular flexibility index (Phi) is 3.35. The standard InChI is InChI=1S/C9H9BrO4/c1-13-6-3-5(9(11)12)4-7(14-2)8(6)10/h3-4H,1-2H3,(H,11,12)/p-1. The van der Waals surface area contributed by atoms with Crippen molar-refractivity contribution in [1.29, 1.82) is 0 Å². The third-order valence-corrected chi connectivity index (χ3v) is 2.46. The van der Waals surface area contributed by atoms with Gasteiger partial charge in [0.1, 0.15) is 16.0 Å². The molecule has 0 saturated heterocycles. The number of halogens is 1. The predicted octanol–water partition coefficient (Wildman–Crippen LogP) is 0.830. The smallest absolute Gasteiger partial charge is 0.137 e. The largest absolute Gasteiger partial charge is 0.545 e. The fourth-order valence-electron chi connectivity index (χ4n) is 0.987. The predicted molar refractivity (Wildman–Crippen MR) is 51.6 cm³/mol. The van der Waals surface area contributed by atoms with Crippen LogP contribution in [0.4, 0.5) is 0 Å². The summed E-state index contributed by atoms with van der Waals surface area (Å²) in [4.78, 5) is 10.6. The number of methoxy groups -OCH3 is 2. The highest BCUT2D eigenvalue weighted by atomic mass is 79.9. The van der Waals surface area contributed by atoms with Gasteiger partial charge < -0.3 is 19.4 Å². The van der Waals surface area contributed by atoms with Gasteiger partial charge in [-0.3, -0.25) is 0 Å². The Morgan fingerprint density at radius 1 is 1.29 bits per heavy atom. The maximum absolute atomic E-state index is 10.6. The van der Waals surface area contributed by atoms with Crippen molar-refractivity contribution in [1.82, 2.24) is 0 Å². The van der Waals surface area contributed by atoms with Crippen LogP contribution in [0.2, 0.25) is 0 Å². The van der Waals surface area contributed by atoms with E-state index >= 15 is 0 Å². The molecule has 0 spiro atoms. The molecule has 4 nitrogen and oxygen atoms in total. The Balaban J connectivity index is 3.32.